The normalized spacial score (nSPS) is 13.1. The van der Waals surface area contributed by atoms with E-state index in [1.807, 2.05) is 44.2 Å². The highest BCUT2D eigenvalue weighted by atomic mass is 35.5. The lowest BCUT2D eigenvalue weighted by Gasteiger charge is -2.27. The van der Waals surface area contributed by atoms with Gasteiger partial charge < -0.3 is 10.1 Å². The second-order valence-electron chi connectivity index (χ2n) is 4.77. The van der Waals surface area contributed by atoms with Gasteiger partial charge in [0.25, 0.3) is 0 Å². The molecule has 0 aromatic heterocycles. The second kappa shape index (κ2) is 6.76. The van der Waals surface area contributed by atoms with Gasteiger partial charge in [0, 0.05) is 13.0 Å². The molecule has 0 bridgehead atoms. The summed E-state index contributed by atoms with van der Waals surface area (Å²) in [6, 6.07) is 9.53. The third-order valence-electron chi connectivity index (χ3n) is 2.95. The first-order valence-corrected chi connectivity index (χ1v) is 6.47. The zero-order valence-corrected chi connectivity index (χ0v) is 11.8. The zero-order chi connectivity index (χ0) is 13.6. The van der Waals surface area contributed by atoms with Gasteiger partial charge in [0.2, 0.25) is 5.91 Å². The van der Waals surface area contributed by atoms with E-state index in [9.17, 15) is 4.79 Å². The molecule has 18 heavy (non-hydrogen) atoms. The van der Waals surface area contributed by atoms with Gasteiger partial charge in [0.05, 0.1) is 18.1 Å². The molecule has 1 N–H and O–H groups in total. The van der Waals surface area contributed by atoms with Crippen LogP contribution in [0, 0.1) is 0 Å². The number of carbonyl (C=O) groups excluding carboxylic acids is 1. The summed E-state index contributed by atoms with van der Waals surface area (Å²) in [4.78, 5) is 12.3. The summed E-state index contributed by atoms with van der Waals surface area (Å²) in [5.41, 5.74) is 0.396. The van der Waals surface area contributed by atoms with Crippen molar-refractivity contribution < 1.29 is 9.53 Å². The number of hydrogen-bond donors (Lipinski definition) is 1. The number of methoxy groups -OCH3 is 1. The molecule has 0 fully saturated rings. The molecule has 0 aliphatic heterocycles. The molecule has 100 valence electrons. The van der Waals surface area contributed by atoms with Crippen LogP contribution in [0.25, 0.3) is 0 Å². The van der Waals surface area contributed by atoms with Gasteiger partial charge >= 0.3 is 0 Å². The van der Waals surface area contributed by atoms with E-state index >= 15 is 0 Å². The average Bonchev–Trinajstić information content (AvgIpc) is 2.39. The van der Waals surface area contributed by atoms with Gasteiger partial charge in [-0.1, -0.05) is 30.3 Å². The number of halogens is 1. The van der Waals surface area contributed by atoms with Gasteiger partial charge in [-0.2, -0.15) is 0 Å². The van der Waals surface area contributed by atoms with E-state index in [1.54, 1.807) is 7.11 Å². The molecule has 0 aliphatic carbocycles. The predicted octanol–water partition coefficient (Wildman–Crippen LogP) is 2.33. The fourth-order valence-corrected chi connectivity index (χ4v) is 1.84. The molecule has 0 aliphatic rings. The zero-order valence-electron chi connectivity index (χ0n) is 11.1. The molecule has 4 heteroatoms. The van der Waals surface area contributed by atoms with Crippen molar-refractivity contribution in [3.8, 4) is 0 Å². The molecule has 0 radical (unpaired) electrons. The minimum atomic E-state index is -0.584. The molecule has 1 aromatic rings. The lowest BCUT2D eigenvalue weighted by atomic mass is 9.83. The van der Waals surface area contributed by atoms with Gasteiger partial charge in [-0.3, -0.25) is 4.79 Å². The largest absolute Gasteiger partial charge is 0.383 e. The number of hydrogen-bond acceptors (Lipinski definition) is 2. The minimum absolute atomic E-state index is 0.0450. The van der Waals surface area contributed by atoms with Crippen LogP contribution in [0.15, 0.2) is 30.3 Å². The number of benzene rings is 1. The Labute approximate surface area is 113 Å². The van der Waals surface area contributed by atoms with Crippen molar-refractivity contribution in [3.63, 3.8) is 0 Å². The number of ether oxygens (including phenoxy) is 1. The molecule has 3 nitrogen and oxygen atoms in total. The Morgan fingerprint density at radius 3 is 2.50 bits per heavy atom. The maximum absolute atomic E-state index is 12.3. The van der Waals surface area contributed by atoms with Crippen LogP contribution >= 0.6 is 11.6 Å². The quantitative estimate of drug-likeness (QED) is 0.805. The first kappa shape index (κ1) is 15.0. The minimum Gasteiger partial charge on any atom is -0.383 e. The first-order valence-electron chi connectivity index (χ1n) is 5.93. The molecule has 1 atom stereocenters. The van der Waals surface area contributed by atoms with Crippen molar-refractivity contribution in [1.29, 1.82) is 0 Å². The molecule has 0 saturated carbocycles. The van der Waals surface area contributed by atoms with Gasteiger partial charge in [-0.25, -0.2) is 0 Å². The van der Waals surface area contributed by atoms with Crippen LogP contribution in [-0.4, -0.2) is 31.5 Å². The molecular weight excluding hydrogens is 250 g/mol. The number of carbonyl (C=O) groups is 1. The lowest BCUT2D eigenvalue weighted by molar-refractivity contribution is -0.126. The molecule has 0 saturated heterocycles. The van der Waals surface area contributed by atoms with Crippen LogP contribution in [0.1, 0.15) is 19.4 Å². The van der Waals surface area contributed by atoms with Crippen molar-refractivity contribution in [1.82, 2.24) is 5.32 Å². The second-order valence-corrected chi connectivity index (χ2v) is 5.08. The Bertz CT molecular complexity index is 379. The Morgan fingerprint density at radius 1 is 1.39 bits per heavy atom. The summed E-state index contributed by atoms with van der Waals surface area (Å²) in [5, 5.41) is 2.91. The number of rotatable bonds is 6. The molecule has 1 rings (SSSR count). The van der Waals surface area contributed by atoms with Gasteiger partial charge in [-0.05, 0) is 19.4 Å². The summed E-state index contributed by atoms with van der Waals surface area (Å²) < 4.78 is 5.01. The fourth-order valence-electron chi connectivity index (χ4n) is 1.68. The summed E-state index contributed by atoms with van der Waals surface area (Å²) in [6.07, 6.45) is 0. The third-order valence-corrected chi connectivity index (χ3v) is 3.32. The SMILES string of the molecule is COCC(CCl)NC(=O)C(C)(C)c1ccccc1. The van der Waals surface area contributed by atoms with Gasteiger partial charge in [0.15, 0.2) is 0 Å². The van der Waals surface area contributed by atoms with Gasteiger partial charge in [-0.15, -0.1) is 11.6 Å². The first-order chi connectivity index (χ1) is 8.52. The van der Waals surface area contributed by atoms with E-state index in [0.29, 0.717) is 12.5 Å². The lowest BCUT2D eigenvalue weighted by Crippen LogP contribution is -2.47. The van der Waals surface area contributed by atoms with E-state index in [1.165, 1.54) is 0 Å². The Balaban J connectivity index is 2.76. The summed E-state index contributed by atoms with van der Waals surface area (Å²) >= 11 is 5.79. The maximum Gasteiger partial charge on any atom is 0.230 e. The maximum atomic E-state index is 12.3. The topological polar surface area (TPSA) is 38.3 Å². The summed E-state index contributed by atoms with van der Waals surface area (Å²) in [6.45, 7) is 4.21. The van der Waals surface area contributed by atoms with Crippen molar-refractivity contribution in [2.24, 2.45) is 0 Å². The van der Waals surface area contributed by atoms with Crippen molar-refractivity contribution in [2.45, 2.75) is 25.3 Å². The summed E-state index contributed by atoms with van der Waals surface area (Å²) in [5.74, 6) is 0.293. The van der Waals surface area contributed by atoms with Crippen LogP contribution in [0.2, 0.25) is 0 Å². The van der Waals surface area contributed by atoms with E-state index in [2.05, 4.69) is 5.32 Å². The van der Waals surface area contributed by atoms with Crippen molar-refractivity contribution >= 4 is 17.5 Å². The van der Waals surface area contributed by atoms with E-state index < -0.39 is 5.41 Å². The average molecular weight is 270 g/mol. The number of amides is 1. The molecule has 1 amide bonds. The Kier molecular flexibility index (Phi) is 5.63. The van der Waals surface area contributed by atoms with Crippen LogP contribution in [0.4, 0.5) is 0 Å². The number of nitrogens with one attached hydrogen (secondary N) is 1. The molecule has 0 spiro atoms. The number of alkyl halides is 1. The highest BCUT2D eigenvalue weighted by Crippen LogP contribution is 2.23. The van der Waals surface area contributed by atoms with Gasteiger partial charge in [0.1, 0.15) is 0 Å². The van der Waals surface area contributed by atoms with Crippen LogP contribution in [0.5, 0.6) is 0 Å². The van der Waals surface area contributed by atoms with Crippen LogP contribution in [0.3, 0.4) is 0 Å². The predicted molar refractivity (Wildman–Crippen MR) is 74.0 cm³/mol. The van der Waals surface area contributed by atoms with E-state index in [4.69, 9.17) is 16.3 Å². The van der Waals surface area contributed by atoms with E-state index in [-0.39, 0.29) is 11.9 Å². The Morgan fingerprint density at radius 2 is 2.00 bits per heavy atom. The smallest absolute Gasteiger partial charge is 0.230 e. The highest BCUT2D eigenvalue weighted by molar-refractivity contribution is 6.18. The molecule has 0 heterocycles. The molecule has 1 unspecified atom stereocenters. The third kappa shape index (κ3) is 3.72. The molecule has 1 aromatic carbocycles. The standard InChI is InChI=1S/C14H20ClNO2/c1-14(2,11-7-5-4-6-8-11)13(17)16-12(9-15)10-18-3/h4-8,12H,9-10H2,1-3H3,(H,16,17). The van der Waals surface area contributed by atoms with Crippen molar-refractivity contribution in [3.05, 3.63) is 35.9 Å². The van der Waals surface area contributed by atoms with Crippen LogP contribution < -0.4 is 5.32 Å². The van der Waals surface area contributed by atoms with Crippen LogP contribution in [-0.2, 0) is 14.9 Å². The fraction of sp³-hybridized carbons (Fsp3) is 0.500. The Hall–Kier alpha value is -1.06. The summed E-state index contributed by atoms with van der Waals surface area (Å²) in [7, 11) is 1.59. The monoisotopic (exact) mass is 269 g/mol. The molecular formula is C14H20ClNO2. The highest BCUT2D eigenvalue weighted by Gasteiger charge is 2.30. The van der Waals surface area contributed by atoms with Crippen molar-refractivity contribution in [2.75, 3.05) is 19.6 Å². The van der Waals surface area contributed by atoms with E-state index in [0.717, 1.165) is 5.56 Å².